The molecule has 0 saturated carbocycles. The topological polar surface area (TPSA) is 0 Å². The van der Waals surface area contributed by atoms with Gasteiger partial charge in [-0.15, -0.1) is 0 Å². The molecule has 30 heavy (non-hydrogen) atoms. The fraction of sp³-hybridized carbons (Fsp3) is 1.00. The zero-order valence-electron chi connectivity index (χ0n) is 26.4. The average molecular weight is 437 g/mol. The van der Waals surface area contributed by atoms with Crippen molar-refractivity contribution < 1.29 is 0 Å². The molecule has 0 atom stereocenters. The van der Waals surface area contributed by atoms with Crippen molar-refractivity contribution in [2.24, 2.45) is 17.8 Å². The van der Waals surface area contributed by atoms with Crippen LogP contribution in [0.4, 0.5) is 0 Å². The summed E-state index contributed by atoms with van der Waals surface area (Å²) >= 11 is 0. The van der Waals surface area contributed by atoms with Crippen LogP contribution in [0, 0.1) is 17.8 Å². The molecule has 0 aromatic rings. The van der Waals surface area contributed by atoms with Crippen LogP contribution >= 0.6 is 0 Å². The Bertz CT molecular complexity index is 102. The van der Waals surface area contributed by atoms with E-state index in [0.717, 1.165) is 17.8 Å². The fourth-order valence-corrected chi connectivity index (χ4v) is 0. The van der Waals surface area contributed by atoms with Crippen molar-refractivity contribution in [1.82, 2.24) is 0 Å². The van der Waals surface area contributed by atoms with Crippen molar-refractivity contribution in [2.45, 2.75) is 183 Å². The van der Waals surface area contributed by atoms with Crippen LogP contribution in [0.15, 0.2) is 0 Å². The molecule has 0 aromatic heterocycles. The maximum atomic E-state index is 2.22. The van der Waals surface area contributed by atoms with Gasteiger partial charge in [0.15, 0.2) is 0 Å². The van der Waals surface area contributed by atoms with E-state index in [-0.39, 0.29) is 0 Å². The lowest BCUT2D eigenvalue weighted by Gasteiger charge is -1.90. The molecule has 0 rings (SSSR count). The lowest BCUT2D eigenvalue weighted by Crippen LogP contribution is -1.77. The Kier molecular flexibility index (Phi) is 137. The van der Waals surface area contributed by atoms with Gasteiger partial charge in [-0.3, -0.25) is 0 Å². The molecular formula is C30H76. The van der Waals surface area contributed by atoms with Gasteiger partial charge >= 0.3 is 0 Å². The first kappa shape index (κ1) is 52.1. The molecule has 0 bridgehead atoms. The van der Waals surface area contributed by atoms with Gasteiger partial charge in [-0.05, 0) is 17.8 Å². The number of hydrogen-bond donors (Lipinski definition) is 0. The minimum absolute atomic E-state index is 0.884. The Morgan fingerprint density at radius 3 is 0.300 bits per heavy atom. The van der Waals surface area contributed by atoms with Gasteiger partial charge in [0.1, 0.15) is 0 Å². The average Bonchev–Trinajstić information content (AvgIpc) is 2.66. The van der Waals surface area contributed by atoms with E-state index in [1.807, 2.05) is 0 Å². The summed E-state index contributed by atoms with van der Waals surface area (Å²) in [5.41, 5.74) is 0. The van der Waals surface area contributed by atoms with Crippen LogP contribution in [0.5, 0.6) is 0 Å². The maximum absolute atomic E-state index is 2.22. The summed E-state index contributed by atoms with van der Waals surface area (Å²) in [6.07, 6.45) is 10.2. The first-order chi connectivity index (χ1) is 13.9. The Morgan fingerprint density at radius 1 is 0.267 bits per heavy atom. The predicted molar refractivity (Wildman–Crippen MR) is 155 cm³/mol. The van der Waals surface area contributed by atoms with Gasteiger partial charge in [-0.2, -0.15) is 0 Å². The van der Waals surface area contributed by atoms with E-state index >= 15 is 0 Å². The molecule has 0 heteroatoms. The SMILES string of the molecule is CCC.CCC.CCC.CCC.CCC.CCC(C)C.CCC(C)C.CCC(C)C. The first-order valence-corrected chi connectivity index (χ1v) is 13.9. The standard InChI is InChI=1S/3C5H12.5C3H8/c3*1-4-5(2)3;5*1-3-2/h3*5H,4H2,1-3H3;5*3H2,1-2H3. The third-order valence-electron chi connectivity index (χ3n) is 2.45. The van der Waals surface area contributed by atoms with Crippen molar-refractivity contribution in [3.05, 3.63) is 0 Å². The van der Waals surface area contributed by atoms with E-state index in [2.05, 4.69) is 132 Å². The van der Waals surface area contributed by atoms with Gasteiger partial charge in [0.25, 0.3) is 0 Å². The van der Waals surface area contributed by atoms with Crippen molar-refractivity contribution >= 4 is 0 Å². The minimum Gasteiger partial charge on any atom is -0.0656 e. The molecule has 0 aliphatic carbocycles. The van der Waals surface area contributed by atoms with E-state index in [1.165, 1.54) is 51.4 Å². The summed E-state index contributed by atoms with van der Waals surface area (Å²) in [5.74, 6) is 2.65. The molecule has 0 aliphatic heterocycles. The fourth-order valence-electron chi connectivity index (χ4n) is 0. The van der Waals surface area contributed by atoms with Gasteiger partial charge in [0, 0.05) is 0 Å². The second-order valence-electron chi connectivity index (χ2n) is 8.94. The second-order valence-corrected chi connectivity index (χ2v) is 8.94. The summed E-state index contributed by atoms with van der Waals surface area (Å²) < 4.78 is 0. The van der Waals surface area contributed by atoms with E-state index in [4.69, 9.17) is 0 Å². The van der Waals surface area contributed by atoms with E-state index < -0.39 is 0 Å². The Balaban J connectivity index is -0.0000000312. The number of rotatable bonds is 3. The molecule has 0 spiro atoms. The van der Waals surface area contributed by atoms with Crippen LogP contribution in [-0.4, -0.2) is 0 Å². The highest BCUT2D eigenvalue weighted by molar-refractivity contribution is 4.33. The van der Waals surface area contributed by atoms with Crippen LogP contribution in [0.25, 0.3) is 0 Å². The first-order valence-electron chi connectivity index (χ1n) is 13.9. The Hall–Kier alpha value is 0. The predicted octanol–water partition coefficient (Wildman–Crippen LogP) is 13.2. The quantitative estimate of drug-likeness (QED) is 0.412. The van der Waals surface area contributed by atoms with Crippen LogP contribution in [0.1, 0.15) is 183 Å². The van der Waals surface area contributed by atoms with E-state index in [9.17, 15) is 0 Å². The van der Waals surface area contributed by atoms with E-state index in [1.54, 1.807) is 0 Å². The van der Waals surface area contributed by atoms with Crippen LogP contribution in [-0.2, 0) is 0 Å². The van der Waals surface area contributed by atoms with E-state index in [0.29, 0.717) is 0 Å². The van der Waals surface area contributed by atoms with Crippen molar-refractivity contribution in [1.29, 1.82) is 0 Å². The minimum atomic E-state index is 0.884. The summed E-state index contributed by atoms with van der Waals surface area (Å²) in [6.45, 7) is 41.2. The molecule has 0 saturated heterocycles. The molecule has 0 fully saturated rings. The van der Waals surface area contributed by atoms with Gasteiger partial charge < -0.3 is 0 Å². The van der Waals surface area contributed by atoms with Gasteiger partial charge in [-0.25, -0.2) is 0 Å². The Labute approximate surface area is 200 Å². The molecule has 0 unspecified atom stereocenters. The molecule has 0 heterocycles. The Morgan fingerprint density at radius 2 is 0.300 bits per heavy atom. The summed E-state index contributed by atoms with van der Waals surface area (Å²) in [5, 5.41) is 0. The normalized spacial score (nSPS) is 7.80. The highest BCUT2D eigenvalue weighted by Crippen LogP contribution is 1.94. The summed E-state index contributed by atoms with van der Waals surface area (Å²) in [6, 6.07) is 0. The molecule has 0 radical (unpaired) electrons. The lowest BCUT2D eigenvalue weighted by molar-refractivity contribution is 0.626. The summed E-state index contributed by atoms with van der Waals surface area (Å²) in [7, 11) is 0. The maximum Gasteiger partial charge on any atom is -0.0474 e. The molecule has 0 N–H and O–H groups in total. The van der Waals surface area contributed by atoms with Crippen molar-refractivity contribution in [3.63, 3.8) is 0 Å². The molecule has 0 aromatic carbocycles. The molecule has 0 nitrogen and oxygen atoms in total. The van der Waals surface area contributed by atoms with Crippen LogP contribution in [0.3, 0.4) is 0 Å². The van der Waals surface area contributed by atoms with Crippen molar-refractivity contribution in [2.75, 3.05) is 0 Å². The smallest absolute Gasteiger partial charge is 0.0474 e. The van der Waals surface area contributed by atoms with Gasteiger partial charge in [-0.1, -0.05) is 183 Å². The van der Waals surface area contributed by atoms with Crippen LogP contribution in [0.2, 0.25) is 0 Å². The molecular weight excluding hydrogens is 360 g/mol. The molecule has 0 amide bonds. The number of hydrogen-bond acceptors (Lipinski definition) is 0. The largest absolute Gasteiger partial charge is 0.0656 e. The zero-order valence-corrected chi connectivity index (χ0v) is 26.4. The molecule has 196 valence electrons. The lowest BCUT2D eigenvalue weighted by atomic mass is 10.2. The molecule has 0 aliphatic rings. The third kappa shape index (κ3) is 567. The third-order valence-corrected chi connectivity index (χ3v) is 2.45. The highest BCUT2D eigenvalue weighted by Gasteiger charge is 1.80. The monoisotopic (exact) mass is 437 g/mol. The van der Waals surface area contributed by atoms with Crippen molar-refractivity contribution in [3.8, 4) is 0 Å². The highest BCUT2D eigenvalue weighted by atomic mass is 13.9. The summed E-state index contributed by atoms with van der Waals surface area (Å²) in [4.78, 5) is 0. The van der Waals surface area contributed by atoms with Gasteiger partial charge in [0.05, 0.1) is 0 Å². The van der Waals surface area contributed by atoms with Gasteiger partial charge in [0.2, 0.25) is 0 Å². The zero-order chi connectivity index (χ0) is 26.4. The second kappa shape index (κ2) is 78.7. The van der Waals surface area contributed by atoms with Crippen LogP contribution < -0.4 is 0 Å².